The predicted molar refractivity (Wildman–Crippen MR) is 116 cm³/mol. The molecule has 10 nitrogen and oxygen atoms in total. The summed E-state index contributed by atoms with van der Waals surface area (Å²) in [5.74, 6) is -2.78. The van der Waals surface area contributed by atoms with E-state index in [4.69, 9.17) is 20.6 Å². The van der Waals surface area contributed by atoms with Gasteiger partial charge in [0.2, 0.25) is 5.91 Å². The summed E-state index contributed by atoms with van der Waals surface area (Å²) in [4.78, 5) is 45.0. The lowest BCUT2D eigenvalue weighted by Crippen LogP contribution is -2.33. The van der Waals surface area contributed by atoms with Crippen LogP contribution in [0.1, 0.15) is 28.7 Å². The number of aromatic amines is 1. The first-order valence-electron chi connectivity index (χ1n) is 10.0. The lowest BCUT2D eigenvalue weighted by Gasteiger charge is -2.14. The minimum atomic E-state index is -5.08. The number of nitrogens with zero attached hydrogens (tertiary/aromatic N) is 2. The number of H-pyrrole nitrogens is 1. The first kappa shape index (κ1) is 24.5. The number of halogens is 3. The van der Waals surface area contributed by atoms with Crippen molar-refractivity contribution in [1.29, 1.82) is 0 Å². The first-order chi connectivity index (χ1) is 15.9. The summed E-state index contributed by atoms with van der Waals surface area (Å²) in [5, 5.41) is 13.0. The molecule has 2 aromatic heterocycles. The molecule has 2 amide bonds. The number of carboxylic acids is 1. The number of rotatable bonds is 4. The highest BCUT2D eigenvalue weighted by Gasteiger charge is 2.38. The van der Waals surface area contributed by atoms with Crippen molar-refractivity contribution in [3.63, 3.8) is 0 Å². The molecule has 180 valence electrons. The summed E-state index contributed by atoms with van der Waals surface area (Å²) in [6.45, 7) is 4.13. The Kier molecular flexibility index (Phi) is 6.75. The van der Waals surface area contributed by atoms with Gasteiger partial charge in [0.1, 0.15) is 17.4 Å². The van der Waals surface area contributed by atoms with Crippen LogP contribution < -0.4 is 16.4 Å². The lowest BCUT2D eigenvalue weighted by atomic mass is 10.1. The van der Waals surface area contributed by atoms with Crippen molar-refractivity contribution in [2.45, 2.75) is 32.5 Å². The Hall–Kier alpha value is -4.16. The summed E-state index contributed by atoms with van der Waals surface area (Å²) in [6, 6.07) is 7.01. The van der Waals surface area contributed by atoms with E-state index in [9.17, 15) is 22.8 Å². The number of hydrogen-bond acceptors (Lipinski definition) is 6. The van der Waals surface area contributed by atoms with Gasteiger partial charge in [-0.1, -0.05) is 12.1 Å². The van der Waals surface area contributed by atoms with Crippen LogP contribution in [0.25, 0.3) is 22.3 Å². The Labute approximate surface area is 190 Å². The van der Waals surface area contributed by atoms with Gasteiger partial charge in [-0.25, -0.2) is 14.8 Å². The van der Waals surface area contributed by atoms with Gasteiger partial charge in [-0.2, -0.15) is 13.2 Å². The topological polar surface area (TPSA) is 163 Å². The molecule has 4 rings (SSSR count). The number of nitrogens with one attached hydrogen (secondary N) is 3. The number of primary amides is 1. The van der Waals surface area contributed by atoms with Crippen molar-refractivity contribution in [3.05, 3.63) is 41.2 Å². The summed E-state index contributed by atoms with van der Waals surface area (Å²) in [5.41, 5.74) is 10.7. The number of aryl methyl sites for hydroxylation is 1. The number of fused-ring (bicyclic) bond motifs is 2. The van der Waals surface area contributed by atoms with Crippen LogP contribution in [0.4, 0.5) is 19.0 Å². The zero-order chi connectivity index (χ0) is 25.2. The molecule has 6 N–H and O–H groups in total. The van der Waals surface area contributed by atoms with Crippen molar-refractivity contribution in [3.8, 4) is 11.3 Å². The number of para-hydroxylation sites is 1. The maximum Gasteiger partial charge on any atom is 0.490 e. The van der Waals surface area contributed by atoms with E-state index in [-0.39, 0.29) is 5.91 Å². The summed E-state index contributed by atoms with van der Waals surface area (Å²) in [6.07, 6.45) is -4.32. The van der Waals surface area contributed by atoms with E-state index in [1.54, 1.807) is 6.92 Å². The predicted octanol–water partition coefficient (Wildman–Crippen LogP) is 2.14. The third-order valence-corrected chi connectivity index (χ3v) is 4.99. The molecule has 1 atom stereocenters. The second kappa shape index (κ2) is 9.37. The molecule has 0 aliphatic carbocycles. The van der Waals surface area contributed by atoms with Crippen LogP contribution >= 0.6 is 0 Å². The van der Waals surface area contributed by atoms with Gasteiger partial charge in [0.15, 0.2) is 0 Å². The highest BCUT2D eigenvalue weighted by atomic mass is 19.4. The maximum absolute atomic E-state index is 12.1. The van der Waals surface area contributed by atoms with Gasteiger partial charge in [-0.15, -0.1) is 0 Å². The molecule has 0 spiro atoms. The molecular weight excluding hydrogens is 457 g/mol. The summed E-state index contributed by atoms with van der Waals surface area (Å²) >= 11 is 0. The molecular formula is C21H21F3N6O4. The van der Waals surface area contributed by atoms with Gasteiger partial charge in [0.25, 0.3) is 5.91 Å². The third kappa shape index (κ3) is 5.24. The molecule has 0 radical (unpaired) electrons. The molecule has 1 aliphatic heterocycles. The normalized spacial score (nSPS) is 13.9. The Bertz CT molecular complexity index is 1270. The molecule has 0 fully saturated rings. The highest BCUT2D eigenvalue weighted by molar-refractivity contribution is 5.99. The number of amides is 2. The molecule has 3 heterocycles. The third-order valence-electron chi connectivity index (χ3n) is 4.99. The fourth-order valence-corrected chi connectivity index (χ4v) is 3.23. The van der Waals surface area contributed by atoms with E-state index in [0.717, 1.165) is 28.9 Å². The number of alkyl halides is 3. The van der Waals surface area contributed by atoms with Crippen LogP contribution in [0.5, 0.6) is 0 Å². The molecule has 34 heavy (non-hydrogen) atoms. The standard InChI is InChI=1S/C19H20N6O2.C2HF3O2/c1-9(17(20)26)23-18-10(2)22-14-5-3-4-11(16(14)25-18)15-8-12-13(24-15)6-7-21-19(12)27;3-2(4,5)1(6)7/h3-5,8-9,24H,6-7H2,1-2H3,(H2,20,26)(H,21,27)(H,23,25);(H,6,7)/t9-;/m1./s1. The van der Waals surface area contributed by atoms with E-state index in [1.165, 1.54) is 0 Å². The number of carboxylic acid groups (broad SMARTS) is 1. The van der Waals surface area contributed by atoms with Gasteiger partial charge < -0.3 is 26.5 Å². The Morgan fingerprint density at radius 2 is 1.91 bits per heavy atom. The van der Waals surface area contributed by atoms with Crippen molar-refractivity contribution < 1.29 is 32.7 Å². The lowest BCUT2D eigenvalue weighted by molar-refractivity contribution is -0.192. The Morgan fingerprint density at radius 3 is 2.50 bits per heavy atom. The maximum atomic E-state index is 12.1. The van der Waals surface area contributed by atoms with Gasteiger partial charge >= 0.3 is 12.1 Å². The molecule has 1 aromatic carbocycles. The monoisotopic (exact) mass is 478 g/mol. The van der Waals surface area contributed by atoms with Crippen molar-refractivity contribution >= 4 is 34.6 Å². The number of benzene rings is 1. The average molecular weight is 478 g/mol. The van der Waals surface area contributed by atoms with Crippen molar-refractivity contribution in [2.24, 2.45) is 5.73 Å². The van der Waals surface area contributed by atoms with Crippen molar-refractivity contribution in [1.82, 2.24) is 20.3 Å². The van der Waals surface area contributed by atoms with Gasteiger partial charge in [0.05, 0.1) is 16.8 Å². The largest absolute Gasteiger partial charge is 0.490 e. The molecule has 0 saturated heterocycles. The Morgan fingerprint density at radius 1 is 1.24 bits per heavy atom. The van der Waals surface area contributed by atoms with Gasteiger partial charge in [-0.3, -0.25) is 9.59 Å². The van der Waals surface area contributed by atoms with Gasteiger partial charge in [0, 0.05) is 29.9 Å². The fraction of sp³-hybridized carbons (Fsp3) is 0.286. The Balaban J connectivity index is 0.000000406. The van der Waals surface area contributed by atoms with Crippen molar-refractivity contribution in [2.75, 3.05) is 11.9 Å². The number of anilines is 1. The molecule has 0 unspecified atom stereocenters. The number of carbonyl (C=O) groups is 3. The zero-order valence-electron chi connectivity index (χ0n) is 18.1. The fourth-order valence-electron chi connectivity index (χ4n) is 3.23. The highest BCUT2D eigenvalue weighted by Crippen LogP contribution is 2.30. The minimum absolute atomic E-state index is 0.0708. The smallest absolute Gasteiger partial charge is 0.475 e. The van der Waals surface area contributed by atoms with Crippen LogP contribution in [0.3, 0.4) is 0 Å². The molecule has 0 saturated carbocycles. The molecule has 0 bridgehead atoms. The van der Waals surface area contributed by atoms with Crippen LogP contribution in [0.2, 0.25) is 0 Å². The SMILES string of the molecule is Cc1nc2cccc(-c3cc4c([nH]3)CCNC4=O)c2nc1N[C@H](C)C(N)=O.O=C(O)C(F)(F)F. The van der Waals surface area contributed by atoms with E-state index in [1.807, 2.05) is 31.2 Å². The zero-order valence-corrected chi connectivity index (χ0v) is 18.1. The van der Waals surface area contributed by atoms with Crippen LogP contribution in [-0.2, 0) is 16.0 Å². The van der Waals surface area contributed by atoms with E-state index in [0.29, 0.717) is 29.1 Å². The average Bonchev–Trinajstić information content (AvgIpc) is 3.19. The number of aliphatic carboxylic acids is 1. The number of nitrogens with two attached hydrogens (primary N) is 1. The number of aromatic nitrogens is 3. The summed E-state index contributed by atoms with van der Waals surface area (Å²) < 4.78 is 31.7. The molecule has 3 aromatic rings. The minimum Gasteiger partial charge on any atom is -0.475 e. The molecule has 13 heteroatoms. The van der Waals surface area contributed by atoms with Crippen LogP contribution in [-0.4, -0.2) is 56.6 Å². The molecule has 1 aliphatic rings. The van der Waals surface area contributed by atoms with E-state index in [2.05, 4.69) is 20.6 Å². The first-order valence-corrected chi connectivity index (χ1v) is 10.0. The van der Waals surface area contributed by atoms with E-state index >= 15 is 0 Å². The number of carbonyl (C=O) groups excluding carboxylic acids is 2. The van der Waals surface area contributed by atoms with Crippen LogP contribution in [0, 0.1) is 6.92 Å². The van der Waals surface area contributed by atoms with E-state index < -0.39 is 24.1 Å². The van der Waals surface area contributed by atoms with Gasteiger partial charge in [-0.05, 0) is 26.0 Å². The summed E-state index contributed by atoms with van der Waals surface area (Å²) in [7, 11) is 0. The number of hydrogen-bond donors (Lipinski definition) is 5. The van der Waals surface area contributed by atoms with Crippen LogP contribution in [0.15, 0.2) is 24.3 Å². The second-order valence-corrected chi connectivity index (χ2v) is 7.48. The second-order valence-electron chi connectivity index (χ2n) is 7.48. The quantitative estimate of drug-likeness (QED) is 0.383.